The minimum absolute atomic E-state index is 0.928. The summed E-state index contributed by atoms with van der Waals surface area (Å²) in [7, 11) is -2.89. The molecule has 0 aliphatic rings. The molecule has 0 radical (unpaired) electrons. The van der Waals surface area contributed by atoms with Gasteiger partial charge in [0.15, 0.2) is 0 Å². The van der Waals surface area contributed by atoms with Crippen molar-refractivity contribution in [3.05, 3.63) is 158 Å². The summed E-state index contributed by atoms with van der Waals surface area (Å²) in [5.41, 5.74) is 4.20. The standard InChI is InChI=1S/C39H27NOP/c41-42(30-15-3-1-4-16-30,31-17-5-2-6-18-31)32-19-11-14-29(26-32)37-35-24-22-27-12-7-9-20-33(27)38(35)40-39-34-21-10-8-13-28(34)23-25-36(37)39/h1-26,41H/q+1. The first-order chi connectivity index (χ1) is 20.7. The van der Waals surface area contributed by atoms with Crippen LogP contribution in [0.15, 0.2) is 158 Å². The van der Waals surface area contributed by atoms with Crippen LogP contribution in [0.1, 0.15) is 0 Å². The Hall–Kier alpha value is -4.88. The summed E-state index contributed by atoms with van der Waals surface area (Å²) in [5, 5.41) is 9.64. The summed E-state index contributed by atoms with van der Waals surface area (Å²) in [4.78, 5) is 18.0. The van der Waals surface area contributed by atoms with Gasteiger partial charge in [-0.2, -0.15) is 0 Å². The number of aromatic nitrogens is 1. The number of benzene rings is 7. The van der Waals surface area contributed by atoms with Crippen LogP contribution < -0.4 is 15.9 Å². The SMILES string of the molecule is O[P+](c1ccccc1)(c1ccccc1)c1cccc(-c2c3ccc4ccccc4c3nc3c2ccc2ccccc23)c1. The van der Waals surface area contributed by atoms with E-state index in [9.17, 15) is 4.89 Å². The van der Waals surface area contributed by atoms with E-state index in [0.29, 0.717) is 0 Å². The molecule has 0 spiro atoms. The number of fused-ring (bicyclic) bond motifs is 6. The Morgan fingerprint density at radius 1 is 0.405 bits per heavy atom. The monoisotopic (exact) mass is 556 g/mol. The van der Waals surface area contributed by atoms with Crippen LogP contribution in [0.2, 0.25) is 0 Å². The second-order valence-electron chi connectivity index (χ2n) is 10.7. The average Bonchev–Trinajstić information content (AvgIpc) is 3.07. The molecular weight excluding hydrogens is 529 g/mol. The maximum absolute atomic E-state index is 12.7. The van der Waals surface area contributed by atoms with Crippen molar-refractivity contribution in [1.29, 1.82) is 0 Å². The molecule has 7 aromatic carbocycles. The van der Waals surface area contributed by atoms with E-state index in [2.05, 4.69) is 97.1 Å². The number of hydrogen-bond donors (Lipinski definition) is 1. The Morgan fingerprint density at radius 3 is 1.43 bits per heavy atom. The fraction of sp³-hybridized carbons (Fsp3) is 0. The van der Waals surface area contributed by atoms with Crippen LogP contribution in [-0.4, -0.2) is 9.88 Å². The van der Waals surface area contributed by atoms with Crippen molar-refractivity contribution in [2.75, 3.05) is 0 Å². The van der Waals surface area contributed by atoms with Crippen molar-refractivity contribution >= 4 is 66.8 Å². The highest BCUT2D eigenvalue weighted by molar-refractivity contribution is 7.91. The number of rotatable bonds is 4. The number of nitrogens with zero attached hydrogens (tertiary/aromatic N) is 1. The Bertz CT molecular complexity index is 2130. The fourth-order valence-corrected chi connectivity index (χ4v) is 9.05. The molecule has 0 aliphatic carbocycles. The van der Waals surface area contributed by atoms with E-state index in [1.165, 1.54) is 10.8 Å². The Kier molecular flexibility index (Phi) is 5.86. The predicted molar refractivity (Wildman–Crippen MR) is 181 cm³/mol. The Morgan fingerprint density at radius 2 is 0.881 bits per heavy atom. The molecular formula is C39H27NOP+. The lowest BCUT2D eigenvalue weighted by Gasteiger charge is -2.21. The average molecular weight is 557 g/mol. The predicted octanol–water partition coefficient (Wildman–Crippen LogP) is 8.56. The van der Waals surface area contributed by atoms with Gasteiger partial charge in [0.2, 0.25) is 7.49 Å². The van der Waals surface area contributed by atoms with Gasteiger partial charge in [0.25, 0.3) is 0 Å². The van der Waals surface area contributed by atoms with E-state index in [4.69, 9.17) is 4.98 Å². The van der Waals surface area contributed by atoms with Crippen LogP contribution in [0.5, 0.6) is 0 Å². The van der Waals surface area contributed by atoms with E-state index in [1.54, 1.807) is 0 Å². The van der Waals surface area contributed by atoms with E-state index in [-0.39, 0.29) is 0 Å². The highest BCUT2D eigenvalue weighted by atomic mass is 31.2. The Labute approximate surface area is 245 Å². The third-order valence-corrected chi connectivity index (χ3v) is 11.4. The van der Waals surface area contributed by atoms with Gasteiger partial charge < -0.3 is 0 Å². The molecule has 0 unspecified atom stereocenters. The third-order valence-electron chi connectivity index (χ3n) is 8.33. The van der Waals surface area contributed by atoms with Gasteiger partial charge in [-0.15, -0.1) is 0 Å². The third kappa shape index (κ3) is 3.84. The molecule has 42 heavy (non-hydrogen) atoms. The summed E-state index contributed by atoms with van der Waals surface area (Å²) >= 11 is 0. The molecule has 8 rings (SSSR count). The van der Waals surface area contributed by atoms with E-state index < -0.39 is 7.49 Å². The van der Waals surface area contributed by atoms with Gasteiger partial charge >= 0.3 is 0 Å². The minimum atomic E-state index is -2.89. The summed E-state index contributed by atoms with van der Waals surface area (Å²) in [5.74, 6) is 0. The Balaban J connectivity index is 1.47. The maximum Gasteiger partial charge on any atom is 0.238 e. The molecule has 1 heterocycles. The van der Waals surface area contributed by atoms with Crippen molar-refractivity contribution in [3.63, 3.8) is 0 Å². The highest BCUT2D eigenvalue weighted by Gasteiger charge is 2.44. The van der Waals surface area contributed by atoms with Crippen LogP contribution in [0, 0.1) is 0 Å². The van der Waals surface area contributed by atoms with Crippen molar-refractivity contribution in [3.8, 4) is 11.1 Å². The molecule has 0 atom stereocenters. The molecule has 1 aromatic heterocycles. The molecule has 1 N–H and O–H groups in total. The highest BCUT2D eigenvalue weighted by Crippen LogP contribution is 2.51. The van der Waals surface area contributed by atoms with Gasteiger partial charge in [-0.1, -0.05) is 121 Å². The number of hydrogen-bond acceptors (Lipinski definition) is 2. The van der Waals surface area contributed by atoms with Crippen molar-refractivity contribution < 1.29 is 4.89 Å². The smallest absolute Gasteiger partial charge is 0.238 e. The molecule has 8 aromatic rings. The summed E-state index contributed by atoms with van der Waals surface area (Å²) < 4.78 is 0. The van der Waals surface area contributed by atoms with Crippen LogP contribution in [0.3, 0.4) is 0 Å². The zero-order chi connectivity index (χ0) is 28.1. The van der Waals surface area contributed by atoms with Crippen LogP contribution >= 0.6 is 7.49 Å². The molecule has 0 bridgehead atoms. The molecule has 198 valence electrons. The quantitative estimate of drug-likeness (QED) is 0.134. The van der Waals surface area contributed by atoms with Gasteiger partial charge in [0.05, 0.1) is 11.0 Å². The van der Waals surface area contributed by atoms with Crippen LogP contribution in [-0.2, 0) is 0 Å². The van der Waals surface area contributed by atoms with Gasteiger partial charge in [-0.25, -0.2) is 9.88 Å². The first kappa shape index (κ1) is 24.9. The molecule has 3 heteroatoms. The largest absolute Gasteiger partial charge is 0.246 e. The van der Waals surface area contributed by atoms with Crippen LogP contribution in [0.4, 0.5) is 0 Å². The normalized spacial score (nSPS) is 11.9. The molecule has 0 fully saturated rings. The van der Waals surface area contributed by atoms with Crippen molar-refractivity contribution in [2.45, 2.75) is 0 Å². The molecule has 0 saturated carbocycles. The van der Waals surface area contributed by atoms with Crippen molar-refractivity contribution in [1.82, 2.24) is 4.98 Å². The van der Waals surface area contributed by atoms with E-state index in [0.717, 1.165) is 59.6 Å². The van der Waals surface area contributed by atoms with Gasteiger partial charge in [0, 0.05) is 27.1 Å². The van der Waals surface area contributed by atoms with Gasteiger partial charge in [-0.05, 0) is 52.7 Å². The molecule has 2 nitrogen and oxygen atoms in total. The second-order valence-corrected chi connectivity index (χ2v) is 13.5. The van der Waals surface area contributed by atoms with Crippen LogP contribution in [0.25, 0.3) is 54.5 Å². The molecule has 0 amide bonds. The summed E-state index contributed by atoms with van der Waals surface area (Å²) in [6.07, 6.45) is 0. The topological polar surface area (TPSA) is 33.1 Å². The van der Waals surface area contributed by atoms with Gasteiger partial charge in [0.1, 0.15) is 15.9 Å². The van der Waals surface area contributed by atoms with Crippen molar-refractivity contribution in [2.24, 2.45) is 0 Å². The lowest BCUT2D eigenvalue weighted by Crippen LogP contribution is -2.30. The zero-order valence-corrected chi connectivity index (χ0v) is 23.7. The van der Waals surface area contributed by atoms with E-state index >= 15 is 0 Å². The molecule has 0 aliphatic heterocycles. The second kappa shape index (κ2) is 9.89. The minimum Gasteiger partial charge on any atom is -0.246 e. The summed E-state index contributed by atoms with van der Waals surface area (Å²) in [6, 6.07) is 54.5. The summed E-state index contributed by atoms with van der Waals surface area (Å²) in [6.45, 7) is 0. The first-order valence-corrected chi connectivity index (χ1v) is 15.9. The maximum atomic E-state index is 12.7. The zero-order valence-electron chi connectivity index (χ0n) is 22.9. The lowest BCUT2D eigenvalue weighted by molar-refractivity contribution is 0.633. The van der Waals surface area contributed by atoms with E-state index in [1.807, 2.05) is 60.7 Å². The molecule has 0 saturated heterocycles. The lowest BCUT2D eigenvalue weighted by atomic mass is 9.92. The number of pyridine rings is 1. The van der Waals surface area contributed by atoms with Gasteiger partial charge in [-0.3, -0.25) is 0 Å². The fourth-order valence-electron chi connectivity index (χ4n) is 6.32. The first-order valence-electron chi connectivity index (χ1n) is 14.2.